The molecule has 2 aromatic carbocycles. The first-order valence-electron chi connectivity index (χ1n) is 10.6. The first-order valence-corrected chi connectivity index (χ1v) is 12.0. The number of carbonyl (C=O) groups is 2. The highest BCUT2D eigenvalue weighted by atomic mass is 32.2. The lowest BCUT2D eigenvalue weighted by Gasteiger charge is -2.16. The van der Waals surface area contributed by atoms with Crippen molar-refractivity contribution < 1.29 is 43.2 Å². The number of phenols is 2. The van der Waals surface area contributed by atoms with Crippen LogP contribution in [0.15, 0.2) is 48.5 Å². The van der Waals surface area contributed by atoms with Crippen molar-refractivity contribution in [2.45, 2.75) is 25.7 Å². The molecule has 0 aliphatic carbocycles. The second kappa shape index (κ2) is 10.9. The van der Waals surface area contributed by atoms with Gasteiger partial charge in [-0.2, -0.15) is 8.42 Å². The zero-order valence-corrected chi connectivity index (χ0v) is 19.3. The van der Waals surface area contributed by atoms with Crippen LogP contribution < -0.4 is 19.1 Å². The molecule has 0 saturated heterocycles. The molecular formula is C22H25N3O9S. The Hall–Kier alpha value is -4.13. The quantitative estimate of drug-likeness (QED) is 0.246. The molecule has 35 heavy (non-hydrogen) atoms. The van der Waals surface area contributed by atoms with Crippen molar-refractivity contribution in [3.63, 3.8) is 0 Å². The molecule has 0 spiro atoms. The first kappa shape index (κ1) is 25.5. The van der Waals surface area contributed by atoms with E-state index >= 15 is 0 Å². The van der Waals surface area contributed by atoms with Gasteiger partial charge in [-0.3, -0.25) is 4.79 Å². The number of nitrogens with zero attached hydrogens (tertiary/aromatic N) is 1. The van der Waals surface area contributed by atoms with Gasteiger partial charge >= 0.3 is 16.2 Å². The number of unbranched alkanes of at least 4 members (excludes halogenated alkanes) is 1. The molecule has 12 nitrogen and oxygen atoms in total. The van der Waals surface area contributed by atoms with Gasteiger partial charge in [0.05, 0.1) is 12.8 Å². The molecule has 6 N–H and O–H groups in total. The smallest absolute Gasteiger partial charge is 0.343 e. The van der Waals surface area contributed by atoms with E-state index in [1.807, 2.05) is 4.72 Å². The number of aliphatic hydroxyl groups excluding tert-OH is 1. The summed E-state index contributed by atoms with van der Waals surface area (Å²) >= 11 is 0. The summed E-state index contributed by atoms with van der Waals surface area (Å²) in [5.41, 5.74) is 0.277. The predicted molar refractivity (Wildman–Crippen MR) is 124 cm³/mol. The normalized spacial score (nSPS) is 14.2. The lowest BCUT2D eigenvalue weighted by Crippen LogP contribution is -2.29. The maximum atomic E-state index is 12.1. The number of aromatic hydroxyl groups is 2. The number of benzene rings is 2. The number of aromatic carboxylic acids is 1. The van der Waals surface area contributed by atoms with Crippen molar-refractivity contribution in [3.05, 3.63) is 59.6 Å². The van der Waals surface area contributed by atoms with E-state index in [-0.39, 0.29) is 47.4 Å². The highest BCUT2D eigenvalue weighted by Crippen LogP contribution is 2.32. The Morgan fingerprint density at radius 1 is 1.06 bits per heavy atom. The van der Waals surface area contributed by atoms with Crippen molar-refractivity contribution in [2.75, 3.05) is 17.5 Å². The molecule has 3 rings (SSSR count). The Kier molecular flexibility index (Phi) is 7.91. The van der Waals surface area contributed by atoms with Gasteiger partial charge in [-0.25, -0.2) is 13.8 Å². The molecule has 0 saturated carbocycles. The topological polar surface area (TPSA) is 186 Å². The van der Waals surface area contributed by atoms with E-state index in [2.05, 4.69) is 5.32 Å². The number of nitrogens with one attached hydrogen (secondary N) is 2. The minimum absolute atomic E-state index is 0.0434. The fraction of sp³-hybridized carbons (Fsp3) is 0.273. The van der Waals surface area contributed by atoms with E-state index < -0.39 is 22.1 Å². The largest absolute Gasteiger partial charge is 0.507 e. The number of phenolic OH excluding ortho intramolecular Hbond substituents is 1. The molecular weight excluding hydrogens is 482 g/mol. The average molecular weight is 508 g/mol. The Bertz CT molecular complexity index is 1240. The van der Waals surface area contributed by atoms with Crippen molar-refractivity contribution in [1.29, 1.82) is 0 Å². The number of hydrogen-bond donors (Lipinski definition) is 6. The predicted octanol–water partition coefficient (Wildman–Crippen LogP) is 1.72. The monoisotopic (exact) mass is 507 g/mol. The third kappa shape index (κ3) is 6.47. The van der Waals surface area contributed by atoms with Crippen LogP contribution in [-0.4, -0.2) is 53.9 Å². The molecule has 13 heteroatoms. The van der Waals surface area contributed by atoms with E-state index in [1.54, 1.807) is 6.07 Å². The summed E-state index contributed by atoms with van der Waals surface area (Å²) in [6.07, 6.45) is 2.51. The minimum atomic E-state index is -4.02. The van der Waals surface area contributed by atoms with Crippen molar-refractivity contribution in [3.8, 4) is 17.2 Å². The van der Waals surface area contributed by atoms with Gasteiger partial charge in [-0.05, 0) is 49.1 Å². The molecule has 0 aromatic heterocycles. The standard InChI is InChI=1S/C22H25N3O9S/c26-16-4-3-5-18(21(16)22(30)31)34-11-2-1-10-23-19(28)9-7-14-6-8-15(17(27)12-14)25-13-20(29)24-35(25,32)33/h3-6,8,12-13,24,26-27,29H,1-2,7,9-11H2,(H,23,28)(H,30,31). The summed E-state index contributed by atoms with van der Waals surface area (Å²) in [6, 6.07) is 8.50. The number of anilines is 1. The molecule has 0 atom stereocenters. The molecule has 1 amide bonds. The molecule has 2 aromatic rings. The van der Waals surface area contributed by atoms with Crippen LogP contribution in [0.25, 0.3) is 0 Å². The summed E-state index contributed by atoms with van der Waals surface area (Å²) in [5, 5.41) is 41.1. The highest BCUT2D eigenvalue weighted by molar-refractivity contribution is 7.91. The van der Waals surface area contributed by atoms with Gasteiger partial charge < -0.3 is 30.5 Å². The first-order chi connectivity index (χ1) is 16.6. The van der Waals surface area contributed by atoms with Crippen LogP contribution in [0.3, 0.4) is 0 Å². The van der Waals surface area contributed by atoms with Crippen LogP contribution in [0, 0.1) is 0 Å². The van der Waals surface area contributed by atoms with E-state index in [9.17, 15) is 33.3 Å². The third-order valence-electron chi connectivity index (χ3n) is 5.02. The Labute approximate surface area is 201 Å². The van der Waals surface area contributed by atoms with Crippen LogP contribution in [0.1, 0.15) is 35.2 Å². The molecule has 1 aliphatic heterocycles. The van der Waals surface area contributed by atoms with Gasteiger partial charge in [0.2, 0.25) is 11.8 Å². The molecule has 0 unspecified atom stereocenters. The number of ether oxygens (including phenoxy) is 1. The van der Waals surface area contributed by atoms with Crippen molar-refractivity contribution in [2.24, 2.45) is 0 Å². The van der Waals surface area contributed by atoms with E-state index in [0.29, 0.717) is 35.7 Å². The molecule has 0 radical (unpaired) electrons. The zero-order chi connectivity index (χ0) is 25.6. The second-order valence-electron chi connectivity index (χ2n) is 7.60. The molecule has 1 aliphatic rings. The van der Waals surface area contributed by atoms with Gasteiger partial charge in [-0.1, -0.05) is 12.1 Å². The van der Waals surface area contributed by atoms with Gasteiger partial charge in [0.25, 0.3) is 0 Å². The number of hydrogen-bond acceptors (Lipinski definition) is 8. The third-order valence-corrected chi connectivity index (χ3v) is 6.31. The molecule has 0 bridgehead atoms. The van der Waals surface area contributed by atoms with Crippen LogP contribution >= 0.6 is 0 Å². The summed E-state index contributed by atoms with van der Waals surface area (Å²) < 4.78 is 31.9. The number of amides is 1. The summed E-state index contributed by atoms with van der Waals surface area (Å²) in [7, 11) is -4.02. The van der Waals surface area contributed by atoms with Gasteiger partial charge in [0.15, 0.2) is 0 Å². The Morgan fingerprint density at radius 3 is 2.49 bits per heavy atom. The SMILES string of the molecule is O=C(CCc1ccc(N2C=C(O)NS2(=O)=O)c(O)c1)NCCCCOc1cccc(O)c1C(=O)O. The molecule has 0 fully saturated rings. The summed E-state index contributed by atoms with van der Waals surface area (Å²) in [6.45, 7) is 0.592. The van der Waals surface area contributed by atoms with Crippen molar-refractivity contribution >= 4 is 27.8 Å². The van der Waals surface area contributed by atoms with Gasteiger partial charge in [0, 0.05) is 13.0 Å². The van der Waals surface area contributed by atoms with Crippen LogP contribution in [0.2, 0.25) is 0 Å². The Morgan fingerprint density at radius 2 is 1.83 bits per heavy atom. The maximum Gasteiger partial charge on any atom is 0.343 e. The molecule has 1 heterocycles. The second-order valence-corrected chi connectivity index (χ2v) is 9.15. The Balaban J connectivity index is 1.39. The zero-order valence-electron chi connectivity index (χ0n) is 18.5. The minimum Gasteiger partial charge on any atom is -0.507 e. The van der Waals surface area contributed by atoms with E-state index in [0.717, 1.165) is 6.20 Å². The maximum absolute atomic E-state index is 12.1. The fourth-order valence-electron chi connectivity index (χ4n) is 3.34. The lowest BCUT2D eigenvalue weighted by molar-refractivity contribution is -0.121. The van der Waals surface area contributed by atoms with E-state index in [1.165, 1.54) is 30.3 Å². The highest BCUT2D eigenvalue weighted by Gasteiger charge is 2.30. The van der Waals surface area contributed by atoms with Crippen LogP contribution in [0.5, 0.6) is 17.2 Å². The lowest BCUT2D eigenvalue weighted by atomic mass is 10.1. The average Bonchev–Trinajstić information content (AvgIpc) is 3.06. The van der Waals surface area contributed by atoms with Crippen molar-refractivity contribution in [1.82, 2.24) is 10.0 Å². The number of carboxylic acids is 1. The number of carboxylic acid groups (broad SMARTS) is 1. The summed E-state index contributed by atoms with van der Waals surface area (Å²) in [5.74, 6) is -2.70. The fourth-order valence-corrected chi connectivity index (χ4v) is 4.40. The number of carbonyl (C=O) groups excluding carboxylic acids is 1. The van der Waals surface area contributed by atoms with Gasteiger partial charge in [-0.15, -0.1) is 0 Å². The van der Waals surface area contributed by atoms with Gasteiger partial charge in [0.1, 0.15) is 28.5 Å². The molecule has 188 valence electrons. The van der Waals surface area contributed by atoms with Crippen LogP contribution in [0.4, 0.5) is 5.69 Å². The summed E-state index contributed by atoms with van der Waals surface area (Å²) in [4.78, 5) is 23.3. The van der Waals surface area contributed by atoms with E-state index in [4.69, 9.17) is 9.84 Å². The number of aryl methyl sites for hydroxylation is 1. The number of aliphatic hydroxyl groups is 1. The van der Waals surface area contributed by atoms with Crippen LogP contribution in [-0.2, 0) is 21.4 Å². The number of rotatable bonds is 11.